The van der Waals surface area contributed by atoms with Crippen molar-refractivity contribution in [1.82, 2.24) is 4.90 Å². The molecule has 1 atom stereocenters. The van der Waals surface area contributed by atoms with Gasteiger partial charge in [-0.15, -0.1) is 0 Å². The standard InChI is InChI=1S/C9H19NO4S/c1-4-8(9(11)12)15(13,14)7-5-6-10(2)3/h8H,4-7H2,1-3H3,(H,11,12). The van der Waals surface area contributed by atoms with Crippen LogP contribution < -0.4 is 0 Å². The van der Waals surface area contributed by atoms with Crippen LogP contribution in [0.1, 0.15) is 19.8 Å². The minimum absolute atomic E-state index is 0.0595. The smallest absolute Gasteiger partial charge is 0.321 e. The van der Waals surface area contributed by atoms with Crippen LogP contribution in [0.5, 0.6) is 0 Å². The highest BCUT2D eigenvalue weighted by Gasteiger charge is 2.29. The lowest BCUT2D eigenvalue weighted by atomic mass is 10.3. The van der Waals surface area contributed by atoms with Crippen molar-refractivity contribution in [3.05, 3.63) is 0 Å². The summed E-state index contributed by atoms with van der Waals surface area (Å²) in [6, 6.07) is 0. The molecule has 0 aliphatic rings. The molecular weight excluding hydrogens is 218 g/mol. The van der Waals surface area contributed by atoms with Gasteiger partial charge in [0.25, 0.3) is 0 Å². The molecule has 0 spiro atoms. The lowest BCUT2D eigenvalue weighted by molar-refractivity contribution is -0.136. The molecule has 5 nitrogen and oxygen atoms in total. The number of hydrogen-bond acceptors (Lipinski definition) is 4. The zero-order chi connectivity index (χ0) is 12.1. The summed E-state index contributed by atoms with van der Waals surface area (Å²) in [4.78, 5) is 12.6. The zero-order valence-electron chi connectivity index (χ0n) is 9.43. The first-order valence-electron chi connectivity index (χ1n) is 4.90. The van der Waals surface area contributed by atoms with E-state index in [1.807, 2.05) is 19.0 Å². The average molecular weight is 237 g/mol. The Labute approximate surface area is 91.0 Å². The van der Waals surface area contributed by atoms with Crippen molar-refractivity contribution in [3.63, 3.8) is 0 Å². The second kappa shape index (κ2) is 6.07. The van der Waals surface area contributed by atoms with E-state index < -0.39 is 21.1 Å². The molecule has 0 saturated heterocycles. The quantitative estimate of drug-likeness (QED) is 0.685. The van der Waals surface area contributed by atoms with E-state index in [0.717, 1.165) is 0 Å². The monoisotopic (exact) mass is 237 g/mol. The Morgan fingerprint density at radius 3 is 2.27 bits per heavy atom. The Morgan fingerprint density at radius 1 is 1.40 bits per heavy atom. The number of rotatable bonds is 7. The van der Waals surface area contributed by atoms with E-state index in [0.29, 0.717) is 13.0 Å². The van der Waals surface area contributed by atoms with Crippen LogP contribution in [-0.2, 0) is 14.6 Å². The molecule has 0 saturated carbocycles. The maximum absolute atomic E-state index is 11.6. The summed E-state index contributed by atoms with van der Waals surface area (Å²) in [5, 5.41) is 7.48. The lowest BCUT2D eigenvalue weighted by Gasteiger charge is -2.13. The van der Waals surface area contributed by atoms with Gasteiger partial charge in [-0.3, -0.25) is 4.79 Å². The van der Waals surface area contributed by atoms with E-state index in [4.69, 9.17) is 5.11 Å². The summed E-state index contributed by atoms with van der Waals surface area (Å²) in [5.74, 6) is -1.31. The molecule has 1 unspecified atom stereocenters. The molecule has 0 aromatic heterocycles. The van der Waals surface area contributed by atoms with Crippen LogP contribution >= 0.6 is 0 Å². The van der Waals surface area contributed by atoms with E-state index in [1.165, 1.54) is 0 Å². The van der Waals surface area contributed by atoms with E-state index in [2.05, 4.69) is 0 Å². The van der Waals surface area contributed by atoms with Gasteiger partial charge in [0.15, 0.2) is 15.1 Å². The fraction of sp³-hybridized carbons (Fsp3) is 0.889. The van der Waals surface area contributed by atoms with Crippen LogP contribution in [0.15, 0.2) is 0 Å². The summed E-state index contributed by atoms with van der Waals surface area (Å²) >= 11 is 0. The van der Waals surface area contributed by atoms with Gasteiger partial charge in [-0.1, -0.05) is 6.92 Å². The SMILES string of the molecule is CCC(C(=O)O)S(=O)(=O)CCCN(C)C. The highest BCUT2D eigenvalue weighted by molar-refractivity contribution is 7.92. The zero-order valence-corrected chi connectivity index (χ0v) is 10.2. The third-order valence-electron chi connectivity index (χ3n) is 2.11. The fourth-order valence-corrected chi connectivity index (χ4v) is 2.94. The first-order chi connectivity index (χ1) is 6.81. The van der Waals surface area contributed by atoms with Gasteiger partial charge >= 0.3 is 5.97 Å². The predicted octanol–water partition coefficient (Wildman–Crippen LogP) is 0.216. The van der Waals surface area contributed by atoms with Crippen molar-refractivity contribution in [1.29, 1.82) is 0 Å². The molecule has 0 amide bonds. The van der Waals surface area contributed by atoms with Crippen LogP contribution in [0.25, 0.3) is 0 Å². The molecule has 0 aliphatic carbocycles. The van der Waals surface area contributed by atoms with Crippen LogP contribution in [0.3, 0.4) is 0 Å². The predicted molar refractivity (Wildman–Crippen MR) is 58.7 cm³/mol. The maximum Gasteiger partial charge on any atom is 0.321 e. The van der Waals surface area contributed by atoms with Crippen molar-refractivity contribution < 1.29 is 18.3 Å². The Kier molecular flexibility index (Phi) is 5.82. The van der Waals surface area contributed by atoms with Crippen LogP contribution in [0, 0.1) is 0 Å². The number of carbonyl (C=O) groups is 1. The third-order valence-corrected chi connectivity index (χ3v) is 4.37. The summed E-state index contributed by atoms with van der Waals surface area (Å²) in [6.07, 6.45) is 0.596. The summed E-state index contributed by atoms with van der Waals surface area (Å²) < 4.78 is 23.2. The van der Waals surface area contributed by atoms with Crippen molar-refractivity contribution in [3.8, 4) is 0 Å². The van der Waals surface area contributed by atoms with Crippen molar-refractivity contribution in [2.24, 2.45) is 0 Å². The largest absolute Gasteiger partial charge is 0.480 e. The fourth-order valence-electron chi connectivity index (χ4n) is 1.31. The summed E-state index contributed by atoms with van der Waals surface area (Å²) in [5.41, 5.74) is 0. The van der Waals surface area contributed by atoms with Gasteiger partial charge in [-0.2, -0.15) is 0 Å². The van der Waals surface area contributed by atoms with Gasteiger partial charge in [-0.25, -0.2) is 8.42 Å². The Morgan fingerprint density at radius 2 is 1.93 bits per heavy atom. The molecule has 0 aromatic rings. The maximum atomic E-state index is 11.6. The number of nitrogens with zero attached hydrogens (tertiary/aromatic N) is 1. The minimum Gasteiger partial charge on any atom is -0.480 e. The summed E-state index contributed by atoms with van der Waals surface area (Å²) in [7, 11) is 0.203. The molecule has 0 heterocycles. The molecule has 1 N–H and O–H groups in total. The number of hydrogen-bond donors (Lipinski definition) is 1. The highest BCUT2D eigenvalue weighted by atomic mass is 32.2. The Balaban J connectivity index is 4.34. The van der Waals surface area contributed by atoms with Gasteiger partial charge < -0.3 is 10.0 Å². The van der Waals surface area contributed by atoms with Gasteiger partial charge in [0.1, 0.15) is 0 Å². The highest BCUT2D eigenvalue weighted by Crippen LogP contribution is 2.08. The van der Waals surface area contributed by atoms with E-state index in [9.17, 15) is 13.2 Å². The number of carboxylic acid groups (broad SMARTS) is 1. The van der Waals surface area contributed by atoms with Crippen LogP contribution in [-0.4, -0.2) is 56.0 Å². The average Bonchev–Trinajstić information content (AvgIpc) is 2.01. The van der Waals surface area contributed by atoms with Crippen LogP contribution in [0.2, 0.25) is 0 Å². The number of carboxylic acids is 1. The third kappa shape index (κ3) is 5.13. The number of sulfone groups is 1. The molecular formula is C9H19NO4S. The molecule has 0 aliphatic heterocycles. The second-order valence-corrected chi connectivity index (χ2v) is 6.06. The summed E-state index contributed by atoms with van der Waals surface area (Å²) in [6.45, 7) is 2.22. The Hall–Kier alpha value is -0.620. The molecule has 6 heteroatoms. The second-order valence-electron chi connectivity index (χ2n) is 3.76. The molecule has 0 rings (SSSR count). The Bertz CT molecular complexity index is 297. The van der Waals surface area contributed by atoms with Gasteiger partial charge in [0.2, 0.25) is 0 Å². The normalized spacial score (nSPS) is 14.1. The first-order valence-corrected chi connectivity index (χ1v) is 6.62. The first kappa shape index (κ1) is 14.4. The molecule has 15 heavy (non-hydrogen) atoms. The van der Waals surface area contributed by atoms with Gasteiger partial charge in [-0.05, 0) is 33.5 Å². The molecule has 0 bridgehead atoms. The van der Waals surface area contributed by atoms with Gasteiger partial charge in [0, 0.05) is 0 Å². The van der Waals surface area contributed by atoms with E-state index in [1.54, 1.807) is 6.92 Å². The molecule has 90 valence electrons. The topological polar surface area (TPSA) is 74.7 Å². The van der Waals surface area contributed by atoms with E-state index >= 15 is 0 Å². The lowest BCUT2D eigenvalue weighted by Crippen LogP contribution is -2.32. The van der Waals surface area contributed by atoms with Gasteiger partial charge in [0.05, 0.1) is 5.75 Å². The molecule has 0 fully saturated rings. The van der Waals surface area contributed by atoms with Crippen molar-refractivity contribution in [2.45, 2.75) is 25.0 Å². The van der Waals surface area contributed by atoms with Crippen molar-refractivity contribution in [2.75, 3.05) is 26.4 Å². The van der Waals surface area contributed by atoms with E-state index in [-0.39, 0.29) is 12.2 Å². The van der Waals surface area contributed by atoms with Crippen molar-refractivity contribution >= 4 is 15.8 Å². The minimum atomic E-state index is -3.49. The number of aliphatic carboxylic acids is 1. The molecule has 0 aromatic carbocycles. The van der Waals surface area contributed by atoms with Crippen LogP contribution in [0.4, 0.5) is 0 Å². The molecule has 0 radical (unpaired) electrons.